The van der Waals surface area contributed by atoms with Crippen molar-refractivity contribution < 1.29 is 19.5 Å². The van der Waals surface area contributed by atoms with E-state index in [1.54, 1.807) is 54.7 Å². The van der Waals surface area contributed by atoms with Crippen LogP contribution in [0, 0.1) is 0 Å². The van der Waals surface area contributed by atoms with Gasteiger partial charge in [0.25, 0.3) is 5.91 Å². The van der Waals surface area contributed by atoms with Crippen molar-refractivity contribution >= 4 is 41.0 Å². The molecule has 0 aliphatic rings. The van der Waals surface area contributed by atoms with E-state index in [0.717, 1.165) is 11.6 Å². The highest BCUT2D eigenvalue weighted by atomic mass is 35.5. The Bertz CT molecular complexity index is 1100. The molecular weight excluding hydrogens is 427 g/mol. The van der Waals surface area contributed by atoms with Crippen LogP contribution < -0.4 is 10.2 Å². The minimum atomic E-state index is -0.702. The quantitative estimate of drug-likeness (QED) is 0.229. The fourth-order valence-corrected chi connectivity index (χ4v) is 2.90. The summed E-state index contributed by atoms with van der Waals surface area (Å²) >= 11 is 12.0. The highest BCUT2D eigenvalue weighted by molar-refractivity contribution is 6.42. The molecule has 0 bridgehead atoms. The summed E-state index contributed by atoms with van der Waals surface area (Å²) in [4.78, 5) is 27.8. The number of Topliss-reactive ketones (excluding diaryl/α,β-unsaturated/α-hetero) is 1. The van der Waals surface area contributed by atoms with Gasteiger partial charge in [0.15, 0.2) is 5.78 Å². The molecule has 0 saturated carbocycles. The SMILES string of the molecule is O=C(/C=C/c1cc(CC(=O)c2cccnc2)ccc1Oc1ccc(Cl)c(Cl)c1)NO. The fourth-order valence-electron chi connectivity index (χ4n) is 2.62. The summed E-state index contributed by atoms with van der Waals surface area (Å²) < 4.78 is 5.87. The highest BCUT2D eigenvalue weighted by Crippen LogP contribution is 2.32. The van der Waals surface area contributed by atoms with E-state index in [1.165, 1.54) is 17.8 Å². The minimum Gasteiger partial charge on any atom is -0.457 e. The number of amides is 1. The molecule has 0 radical (unpaired) electrons. The predicted molar refractivity (Wildman–Crippen MR) is 114 cm³/mol. The van der Waals surface area contributed by atoms with Crippen LogP contribution in [0.2, 0.25) is 10.0 Å². The lowest BCUT2D eigenvalue weighted by Gasteiger charge is -2.11. The van der Waals surface area contributed by atoms with Gasteiger partial charge in [0.1, 0.15) is 11.5 Å². The molecule has 1 amide bonds. The molecule has 2 aromatic carbocycles. The molecule has 8 heteroatoms. The summed E-state index contributed by atoms with van der Waals surface area (Å²) in [5.74, 6) is 0.0782. The molecule has 0 aliphatic heterocycles. The van der Waals surface area contributed by atoms with Gasteiger partial charge in [-0.3, -0.25) is 19.8 Å². The van der Waals surface area contributed by atoms with Gasteiger partial charge in [-0.1, -0.05) is 29.3 Å². The summed E-state index contributed by atoms with van der Waals surface area (Å²) in [6.45, 7) is 0. The number of benzene rings is 2. The van der Waals surface area contributed by atoms with E-state index in [-0.39, 0.29) is 12.2 Å². The number of halogens is 2. The average Bonchev–Trinajstić information content (AvgIpc) is 2.76. The topological polar surface area (TPSA) is 88.5 Å². The molecule has 3 rings (SSSR count). The fraction of sp³-hybridized carbons (Fsp3) is 0.0455. The first-order valence-corrected chi connectivity index (χ1v) is 9.53. The second-order valence-electron chi connectivity index (χ2n) is 6.20. The number of ketones is 1. The molecule has 0 atom stereocenters. The molecule has 0 spiro atoms. The van der Waals surface area contributed by atoms with Gasteiger partial charge in [0, 0.05) is 42.1 Å². The number of ether oxygens (including phenoxy) is 1. The maximum Gasteiger partial charge on any atom is 0.267 e. The van der Waals surface area contributed by atoms with E-state index in [0.29, 0.717) is 32.7 Å². The number of nitrogens with one attached hydrogen (secondary N) is 1. The minimum absolute atomic E-state index is 0.0933. The Hall–Kier alpha value is -3.19. The third-order valence-corrected chi connectivity index (χ3v) is 4.80. The van der Waals surface area contributed by atoms with E-state index >= 15 is 0 Å². The van der Waals surface area contributed by atoms with Crippen molar-refractivity contribution in [3.8, 4) is 11.5 Å². The number of hydrogen-bond acceptors (Lipinski definition) is 5. The van der Waals surface area contributed by atoms with Crippen molar-refractivity contribution in [2.24, 2.45) is 0 Å². The first kappa shape index (κ1) is 21.5. The Morgan fingerprint density at radius 3 is 2.63 bits per heavy atom. The molecular formula is C22H16Cl2N2O4. The summed E-state index contributed by atoms with van der Waals surface area (Å²) in [5, 5.41) is 9.45. The maximum atomic E-state index is 12.5. The van der Waals surface area contributed by atoms with Crippen LogP contribution >= 0.6 is 23.2 Å². The Morgan fingerprint density at radius 2 is 1.93 bits per heavy atom. The number of nitrogens with zero attached hydrogens (tertiary/aromatic N) is 1. The summed E-state index contributed by atoms with van der Waals surface area (Å²) in [6.07, 6.45) is 5.86. The van der Waals surface area contributed by atoms with Gasteiger partial charge in [0.2, 0.25) is 0 Å². The van der Waals surface area contributed by atoms with Crippen LogP contribution in [-0.2, 0) is 11.2 Å². The van der Waals surface area contributed by atoms with E-state index in [2.05, 4.69) is 4.98 Å². The molecule has 0 unspecified atom stereocenters. The van der Waals surface area contributed by atoms with Gasteiger partial charge in [-0.15, -0.1) is 0 Å². The molecule has 3 aromatic rings. The first-order valence-electron chi connectivity index (χ1n) is 8.77. The number of hydroxylamine groups is 1. The number of aromatic nitrogens is 1. The van der Waals surface area contributed by atoms with Crippen LogP contribution in [0.1, 0.15) is 21.5 Å². The van der Waals surface area contributed by atoms with Gasteiger partial charge in [-0.05, 0) is 48.0 Å². The molecule has 0 aliphatic carbocycles. The third kappa shape index (κ3) is 5.67. The van der Waals surface area contributed by atoms with Crippen LogP contribution in [-0.4, -0.2) is 21.9 Å². The second kappa shape index (κ2) is 10.0. The van der Waals surface area contributed by atoms with Crippen molar-refractivity contribution in [2.45, 2.75) is 6.42 Å². The lowest BCUT2D eigenvalue weighted by atomic mass is 10.0. The monoisotopic (exact) mass is 442 g/mol. The van der Waals surface area contributed by atoms with Crippen LogP contribution in [0.25, 0.3) is 6.08 Å². The van der Waals surface area contributed by atoms with Gasteiger partial charge < -0.3 is 4.74 Å². The third-order valence-electron chi connectivity index (χ3n) is 4.07. The molecule has 0 fully saturated rings. The van der Waals surface area contributed by atoms with E-state index in [4.69, 9.17) is 33.1 Å². The Labute approximate surface area is 182 Å². The second-order valence-corrected chi connectivity index (χ2v) is 7.02. The van der Waals surface area contributed by atoms with E-state index in [1.807, 2.05) is 0 Å². The van der Waals surface area contributed by atoms with E-state index < -0.39 is 5.91 Å². The molecule has 6 nitrogen and oxygen atoms in total. The largest absolute Gasteiger partial charge is 0.457 e. The van der Waals surface area contributed by atoms with Crippen LogP contribution in [0.15, 0.2) is 67.0 Å². The van der Waals surface area contributed by atoms with Crippen molar-refractivity contribution in [3.63, 3.8) is 0 Å². The Morgan fingerprint density at radius 1 is 1.10 bits per heavy atom. The standard InChI is InChI=1S/C22H16Cl2N2O4/c23-18-6-5-17(12-19(18)24)30-21-7-3-14(10-15(21)4-8-22(28)26-29)11-20(27)16-2-1-9-25-13-16/h1-10,12-13,29H,11H2,(H,26,28)/b8-4+. The normalized spacial score (nSPS) is 10.8. The molecule has 2 N–H and O–H groups in total. The Kier molecular flexibility index (Phi) is 7.19. The summed E-state index contributed by atoms with van der Waals surface area (Å²) in [5.41, 5.74) is 3.28. The van der Waals surface area contributed by atoms with Gasteiger partial charge in [0.05, 0.1) is 10.0 Å². The Balaban J connectivity index is 1.89. The highest BCUT2D eigenvalue weighted by Gasteiger charge is 2.11. The average molecular weight is 443 g/mol. The lowest BCUT2D eigenvalue weighted by Crippen LogP contribution is -2.14. The maximum absolute atomic E-state index is 12.5. The first-order chi connectivity index (χ1) is 14.5. The zero-order valence-electron chi connectivity index (χ0n) is 15.5. The van der Waals surface area contributed by atoms with Crippen molar-refractivity contribution in [3.05, 3.63) is 93.7 Å². The summed E-state index contributed by atoms with van der Waals surface area (Å²) in [6, 6.07) is 13.4. The number of hydrogen-bond donors (Lipinski definition) is 2. The summed E-state index contributed by atoms with van der Waals surface area (Å²) in [7, 11) is 0. The molecule has 0 saturated heterocycles. The van der Waals surface area contributed by atoms with Gasteiger partial charge >= 0.3 is 0 Å². The smallest absolute Gasteiger partial charge is 0.267 e. The lowest BCUT2D eigenvalue weighted by molar-refractivity contribution is -0.124. The number of pyridine rings is 1. The van der Waals surface area contributed by atoms with Crippen LogP contribution in [0.4, 0.5) is 0 Å². The predicted octanol–water partition coefficient (Wildman–Crippen LogP) is 5.12. The zero-order chi connectivity index (χ0) is 21.5. The molecule has 1 heterocycles. The van der Waals surface area contributed by atoms with Crippen molar-refractivity contribution in [1.82, 2.24) is 10.5 Å². The molecule has 152 valence electrons. The zero-order valence-corrected chi connectivity index (χ0v) is 17.0. The van der Waals surface area contributed by atoms with Crippen molar-refractivity contribution in [2.75, 3.05) is 0 Å². The number of rotatable bonds is 7. The van der Waals surface area contributed by atoms with Gasteiger partial charge in [-0.2, -0.15) is 0 Å². The van der Waals surface area contributed by atoms with E-state index in [9.17, 15) is 9.59 Å². The molecule has 30 heavy (non-hydrogen) atoms. The van der Waals surface area contributed by atoms with Crippen LogP contribution in [0.3, 0.4) is 0 Å². The van der Waals surface area contributed by atoms with Gasteiger partial charge in [-0.25, -0.2) is 5.48 Å². The number of carbonyl (C=O) groups is 2. The number of carbonyl (C=O) groups excluding carboxylic acids is 2. The van der Waals surface area contributed by atoms with Crippen LogP contribution in [0.5, 0.6) is 11.5 Å². The molecule has 1 aromatic heterocycles. The van der Waals surface area contributed by atoms with Crippen molar-refractivity contribution in [1.29, 1.82) is 0 Å².